The van der Waals surface area contributed by atoms with E-state index in [9.17, 15) is 23.1 Å². The number of hydrogen-bond acceptors (Lipinski definition) is 6. The summed E-state index contributed by atoms with van der Waals surface area (Å²) in [5, 5.41) is 9.51. The van der Waals surface area contributed by atoms with Gasteiger partial charge in [-0.2, -0.15) is 0 Å². The normalized spacial score (nSPS) is 20.2. The number of halogens is 3. The van der Waals surface area contributed by atoms with Crippen LogP contribution in [-0.2, 0) is 24.4 Å². The van der Waals surface area contributed by atoms with Crippen LogP contribution in [-0.4, -0.2) is 62.5 Å². The van der Waals surface area contributed by atoms with Gasteiger partial charge in [-0.05, 0) is 55.3 Å². The van der Waals surface area contributed by atoms with Crippen molar-refractivity contribution >= 4 is 22.7 Å². The average Bonchev–Trinajstić information content (AvgIpc) is 3.55. The van der Waals surface area contributed by atoms with Gasteiger partial charge in [-0.25, -0.2) is 27.8 Å². The minimum Gasteiger partial charge on any atom is -0.484 e. The molecule has 4 heterocycles. The minimum absolute atomic E-state index is 0.00192. The lowest BCUT2D eigenvalue weighted by atomic mass is 10.0. The maximum Gasteiger partial charge on any atom is 0.335 e. The number of nitrogens with zero attached hydrogens (tertiary/aromatic N) is 5. The minimum atomic E-state index is -1.03. The van der Waals surface area contributed by atoms with Gasteiger partial charge in [-0.15, -0.1) is 0 Å². The van der Waals surface area contributed by atoms with Gasteiger partial charge in [0, 0.05) is 30.8 Å². The molecule has 0 aliphatic carbocycles. The van der Waals surface area contributed by atoms with Gasteiger partial charge in [0.15, 0.2) is 17.3 Å². The number of alkyl halides is 1. The zero-order valence-electron chi connectivity index (χ0n) is 23.0. The van der Waals surface area contributed by atoms with Crippen molar-refractivity contribution in [2.45, 2.75) is 50.6 Å². The Balaban J connectivity index is 1.21. The van der Waals surface area contributed by atoms with Crippen molar-refractivity contribution in [1.82, 2.24) is 19.4 Å². The van der Waals surface area contributed by atoms with E-state index in [4.69, 9.17) is 21.0 Å². The van der Waals surface area contributed by atoms with Crippen LogP contribution in [0.15, 0.2) is 48.5 Å². The summed E-state index contributed by atoms with van der Waals surface area (Å²) in [5.74, 6) is -1.99. The average molecular weight is 592 g/mol. The van der Waals surface area contributed by atoms with Crippen molar-refractivity contribution in [1.29, 1.82) is 0 Å². The molecule has 3 atom stereocenters. The molecule has 0 saturated carbocycles. The van der Waals surface area contributed by atoms with E-state index in [1.807, 2.05) is 9.47 Å². The highest BCUT2D eigenvalue weighted by Crippen LogP contribution is 2.34. The number of fused-ring (bicyclic) bond motifs is 1. The van der Waals surface area contributed by atoms with Crippen molar-refractivity contribution in [2.75, 3.05) is 19.8 Å². The van der Waals surface area contributed by atoms with E-state index in [1.54, 1.807) is 18.2 Å². The molecular weight excluding hydrogens is 563 g/mol. The van der Waals surface area contributed by atoms with Gasteiger partial charge in [-0.3, -0.25) is 9.88 Å². The standard InChI is InChI=1S/C31H28F3N5O4/c1-35-20-3-7-29(24(34)12-20)43-17-27-23(33)4-6-25(36-27)19-10-21(13-32)38(14-19)16-30-37-26-5-2-18(31(40)41)11-28(26)39(30)15-22-8-9-42-22/h2-7,11-12,19,21-22H,8-10,13-17H2,(H,40,41)/t19?,21-,22+/m1/s1. The Labute approximate surface area is 245 Å². The molecule has 1 N–H and O–H groups in total. The topological polar surface area (TPSA) is 94.1 Å². The van der Waals surface area contributed by atoms with E-state index >= 15 is 0 Å². The van der Waals surface area contributed by atoms with Crippen LogP contribution in [0.1, 0.15) is 46.3 Å². The third-order valence-electron chi connectivity index (χ3n) is 8.07. The molecule has 0 spiro atoms. The number of aromatic nitrogens is 3. The SMILES string of the molecule is [C-]#[N+]c1ccc(OCc2nc(C3C[C@H](CF)N(Cc4nc5ccc(C(=O)O)cc5n4C[C@@H]4CCO4)C3)ccc2F)c(F)c1. The first kappa shape index (κ1) is 28.6. The molecule has 12 heteroatoms. The Hall–Kier alpha value is -4.47. The fourth-order valence-corrected chi connectivity index (χ4v) is 5.65. The molecular formula is C31H28F3N5O4. The number of ether oxygens (including phenoxy) is 2. The molecule has 1 unspecified atom stereocenters. The first-order chi connectivity index (χ1) is 20.8. The van der Waals surface area contributed by atoms with E-state index in [0.717, 1.165) is 12.5 Å². The molecule has 2 aromatic heterocycles. The molecule has 2 aliphatic heterocycles. The van der Waals surface area contributed by atoms with E-state index in [2.05, 4.69) is 9.83 Å². The number of aromatic carboxylic acids is 1. The van der Waals surface area contributed by atoms with Gasteiger partial charge in [0.2, 0.25) is 0 Å². The summed E-state index contributed by atoms with van der Waals surface area (Å²) >= 11 is 0. The van der Waals surface area contributed by atoms with Crippen molar-refractivity contribution < 1.29 is 32.5 Å². The molecule has 43 heavy (non-hydrogen) atoms. The van der Waals surface area contributed by atoms with Gasteiger partial charge in [0.25, 0.3) is 0 Å². The zero-order chi connectivity index (χ0) is 30.1. The Morgan fingerprint density at radius 3 is 2.67 bits per heavy atom. The summed E-state index contributed by atoms with van der Waals surface area (Å²) in [6.45, 7) is 8.03. The number of carboxylic acids is 1. The number of carbonyl (C=O) groups is 1. The highest BCUT2D eigenvalue weighted by atomic mass is 19.1. The quantitative estimate of drug-likeness (QED) is 0.238. The highest BCUT2D eigenvalue weighted by Gasteiger charge is 2.35. The fraction of sp³-hybridized carbons (Fsp3) is 0.355. The molecule has 222 valence electrons. The van der Waals surface area contributed by atoms with E-state index in [1.165, 1.54) is 24.3 Å². The zero-order valence-corrected chi connectivity index (χ0v) is 23.0. The van der Waals surface area contributed by atoms with Crippen LogP contribution in [0.5, 0.6) is 5.75 Å². The lowest BCUT2D eigenvalue weighted by Crippen LogP contribution is -2.34. The van der Waals surface area contributed by atoms with Gasteiger partial charge in [-0.1, -0.05) is 6.07 Å². The number of carboxylic acid groups (broad SMARTS) is 1. The predicted octanol–water partition coefficient (Wildman–Crippen LogP) is 5.65. The van der Waals surface area contributed by atoms with Gasteiger partial charge in [0.05, 0.1) is 42.4 Å². The van der Waals surface area contributed by atoms with Gasteiger partial charge >= 0.3 is 5.97 Å². The molecule has 9 nitrogen and oxygen atoms in total. The van der Waals surface area contributed by atoms with Crippen LogP contribution in [0.25, 0.3) is 15.9 Å². The first-order valence-electron chi connectivity index (χ1n) is 13.9. The molecule has 2 fully saturated rings. The Morgan fingerprint density at radius 1 is 1.14 bits per heavy atom. The van der Waals surface area contributed by atoms with Crippen LogP contribution in [0.3, 0.4) is 0 Å². The lowest BCUT2D eigenvalue weighted by molar-refractivity contribution is -0.0592. The molecule has 2 aromatic carbocycles. The smallest absolute Gasteiger partial charge is 0.335 e. The Bertz CT molecular complexity index is 1720. The maximum absolute atomic E-state index is 14.6. The number of hydrogen-bond donors (Lipinski definition) is 1. The van der Waals surface area contributed by atoms with Crippen LogP contribution in [0.2, 0.25) is 0 Å². The second-order valence-electron chi connectivity index (χ2n) is 10.8. The first-order valence-corrected chi connectivity index (χ1v) is 13.9. The molecule has 6 rings (SSSR count). The molecule has 0 bridgehead atoms. The summed E-state index contributed by atoms with van der Waals surface area (Å²) in [6.07, 6.45) is 1.34. The van der Waals surface area contributed by atoms with Crippen LogP contribution >= 0.6 is 0 Å². The van der Waals surface area contributed by atoms with Crippen molar-refractivity contribution in [2.24, 2.45) is 0 Å². The fourth-order valence-electron chi connectivity index (χ4n) is 5.65. The molecule has 0 amide bonds. The molecule has 0 radical (unpaired) electrons. The third-order valence-corrected chi connectivity index (χ3v) is 8.07. The van der Waals surface area contributed by atoms with E-state index in [-0.39, 0.29) is 41.3 Å². The number of imidazole rings is 1. The second kappa shape index (κ2) is 12.0. The summed E-state index contributed by atoms with van der Waals surface area (Å²) in [4.78, 5) is 26.0. The molecule has 2 saturated heterocycles. The Morgan fingerprint density at radius 2 is 1.98 bits per heavy atom. The van der Waals surface area contributed by atoms with E-state index in [0.29, 0.717) is 55.2 Å². The third kappa shape index (κ3) is 5.91. The summed E-state index contributed by atoms with van der Waals surface area (Å²) < 4.78 is 56.3. The summed E-state index contributed by atoms with van der Waals surface area (Å²) in [6, 6.07) is 11.0. The predicted molar refractivity (Wildman–Crippen MR) is 150 cm³/mol. The Kier molecular flexibility index (Phi) is 8.01. The number of pyridine rings is 1. The maximum atomic E-state index is 14.6. The van der Waals surface area contributed by atoms with Crippen molar-refractivity contribution in [3.8, 4) is 5.75 Å². The van der Waals surface area contributed by atoms with Crippen molar-refractivity contribution in [3.63, 3.8) is 0 Å². The largest absolute Gasteiger partial charge is 0.484 e. The number of benzene rings is 2. The van der Waals surface area contributed by atoms with Gasteiger partial charge in [0.1, 0.15) is 30.6 Å². The number of likely N-dealkylation sites (tertiary alicyclic amines) is 1. The lowest BCUT2D eigenvalue weighted by Gasteiger charge is -2.28. The van der Waals surface area contributed by atoms with Crippen molar-refractivity contribution in [3.05, 3.63) is 94.4 Å². The number of rotatable bonds is 10. The van der Waals surface area contributed by atoms with Crippen LogP contribution < -0.4 is 4.74 Å². The molecule has 2 aliphatic rings. The summed E-state index contributed by atoms with van der Waals surface area (Å²) in [5.41, 5.74) is 2.19. The monoisotopic (exact) mass is 591 g/mol. The highest BCUT2D eigenvalue weighted by molar-refractivity contribution is 5.92. The van der Waals surface area contributed by atoms with E-state index < -0.39 is 30.3 Å². The summed E-state index contributed by atoms with van der Waals surface area (Å²) in [7, 11) is 0. The van der Waals surface area contributed by atoms with Crippen LogP contribution in [0, 0.1) is 18.2 Å². The van der Waals surface area contributed by atoms with Gasteiger partial charge < -0.3 is 19.1 Å². The molecule has 4 aromatic rings. The second-order valence-corrected chi connectivity index (χ2v) is 10.8. The van der Waals surface area contributed by atoms with Crippen LogP contribution in [0.4, 0.5) is 18.9 Å².